The van der Waals surface area contributed by atoms with Crippen LogP contribution in [0.1, 0.15) is 82.5 Å². The second-order valence-corrected chi connectivity index (χ2v) is 15.3. The lowest BCUT2D eigenvalue weighted by Gasteiger charge is -2.45. The Morgan fingerprint density at radius 1 is 0.679 bits per heavy atom. The maximum absolute atomic E-state index is 15.0. The summed E-state index contributed by atoms with van der Waals surface area (Å²) in [7, 11) is 0. The Kier molecular flexibility index (Phi) is 12.2. The molecule has 14 nitrogen and oxygen atoms in total. The van der Waals surface area contributed by atoms with Gasteiger partial charge in [0, 0.05) is 51.0 Å². The average molecular weight is 777 g/mol. The Labute approximate surface area is 325 Å². The molecule has 2 aromatic rings. The van der Waals surface area contributed by atoms with E-state index >= 15 is 4.79 Å². The molecule has 1 aliphatic heterocycles. The van der Waals surface area contributed by atoms with Gasteiger partial charge in [-0.2, -0.15) is 0 Å². The first-order valence-corrected chi connectivity index (χ1v) is 18.4. The van der Waals surface area contributed by atoms with Crippen LogP contribution in [0.2, 0.25) is 0 Å². The summed E-state index contributed by atoms with van der Waals surface area (Å²) in [5.74, 6) is -8.85. The molecule has 1 saturated heterocycles. The molecule has 2 saturated carbocycles. The second-order valence-electron chi connectivity index (χ2n) is 15.3. The molecule has 0 aromatic heterocycles. The van der Waals surface area contributed by atoms with Gasteiger partial charge in [-0.05, 0) is 30.2 Å². The van der Waals surface area contributed by atoms with E-state index in [1.165, 1.54) is 24.3 Å². The summed E-state index contributed by atoms with van der Waals surface area (Å²) >= 11 is 0. The summed E-state index contributed by atoms with van der Waals surface area (Å²) in [5, 5.41) is 0. The van der Waals surface area contributed by atoms with Gasteiger partial charge in [0.25, 0.3) is 0 Å². The summed E-state index contributed by atoms with van der Waals surface area (Å²) in [4.78, 5) is 94.8. The molecule has 300 valence electrons. The first-order valence-electron chi connectivity index (χ1n) is 18.4. The Balaban J connectivity index is 1.82. The van der Waals surface area contributed by atoms with E-state index < -0.39 is 113 Å². The lowest BCUT2D eigenvalue weighted by atomic mass is 9.69. The molecule has 0 unspecified atom stereocenters. The smallest absolute Gasteiger partial charge is 0.338 e. The number of ketones is 1. The van der Waals surface area contributed by atoms with Crippen LogP contribution in [0.4, 0.5) is 0 Å². The van der Waals surface area contributed by atoms with E-state index in [4.69, 9.17) is 33.2 Å². The van der Waals surface area contributed by atoms with E-state index in [-0.39, 0.29) is 23.1 Å². The minimum Gasteiger partial charge on any atom is -0.462 e. The Bertz CT molecular complexity index is 1870. The fourth-order valence-corrected chi connectivity index (χ4v) is 8.33. The van der Waals surface area contributed by atoms with Gasteiger partial charge < -0.3 is 33.2 Å². The van der Waals surface area contributed by atoms with E-state index in [9.17, 15) is 28.8 Å². The number of esters is 6. The monoisotopic (exact) mass is 776 g/mol. The molecule has 5 rings (SSSR count). The number of Topliss-reactive ketones (excluding diaryl/α,β-unsaturated/α-hetero) is 1. The number of hydrogen-bond acceptors (Lipinski definition) is 14. The van der Waals surface area contributed by atoms with E-state index in [2.05, 4.69) is 6.58 Å². The van der Waals surface area contributed by atoms with Crippen LogP contribution in [0.5, 0.6) is 0 Å². The molecule has 3 fully saturated rings. The van der Waals surface area contributed by atoms with E-state index in [1.54, 1.807) is 64.1 Å². The molecular formula is C42H48O14. The number of benzene rings is 2. The third-order valence-electron chi connectivity index (χ3n) is 10.8. The first-order chi connectivity index (χ1) is 26.3. The summed E-state index contributed by atoms with van der Waals surface area (Å²) < 4.78 is 42.5. The molecular weight excluding hydrogens is 728 g/mol. The number of ether oxygens (including phenoxy) is 7. The van der Waals surface area contributed by atoms with Gasteiger partial charge >= 0.3 is 35.8 Å². The topological polar surface area (TPSA) is 187 Å². The SMILES string of the molecule is C=C1[C@H](OC(C)=O)[C@@H](OC(=O)c2ccccc2)[C@@H](OC(=O)c2ccccc2)C(C)(C)[C@@H]2O[C@@H]2[C@@H](C)C(=O)[C@]2(OC(C)=O)C[C@@H](C)[C@H](OC(C)=O)[C@@H]2[C@H]1OC(C)=O. The van der Waals surface area contributed by atoms with Gasteiger partial charge in [0.1, 0.15) is 12.2 Å². The van der Waals surface area contributed by atoms with Gasteiger partial charge in [-0.1, -0.05) is 70.7 Å². The van der Waals surface area contributed by atoms with Gasteiger partial charge in [-0.15, -0.1) is 0 Å². The van der Waals surface area contributed by atoms with Crippen LogP contribution in [0.3, 0.4) is 0 Å². The van der Waals surface area contributed by atoms with Crippen LogP contribution in [-0.2, 0) is 57.1 Å². The highest BCUT2D eigenvalue weighted by Gasteiger charge is 2.69. The van der Waals surface area contributed by atoms with E-state index in [0.717, 1.165) is 27.7 Å². The van der Waals surface area contributed by atoms with Crippen molar-refractivity contribution < 1.29 is 66.7 Å². The zero-order valence-corrected chi connectivity index (χ0v) is 32.7. The van der Waals surface area contributed by atoms with Crippen molar-refractivity contribution in [2.45, 2.75) is 110 Å². The number of fused-ring (bicyclic) bond motifs is 2. The average Bonchev–Trinajstić information content (AvgIpc) is 3.91. The van der Waals surface area contributed by atoms with Gasteiger partial charge in [0.05, 0.1) is 29.3 Å². The highest BCUT2D eigenvalue weighted by molar-refractivity contribution is 5.93. The van der Waals surface area contributed by atoms with Crippen LogP contribution in [0.15, 0.2) is 72.8 Å². The summed E-state index contributed by atoms with van der Waals surface area (Å²) in [6.07, 6.45) is -9.79. The van der Waals surface area contributed by atoms with Gasteiger partial charge in [0.15, 0.2) is 29.7 Å². The fourth-order valence-electron chi connectivity index (χ4n) is 8.33. The van der Waals surface area contributed by atoms with Crippen LogP contribution < -0.4 is 0 Å². The highest BCUT2D eigenvalue weighted by atomic mass is 16.6. The van der Waals surface area contributed by atoms with Crippen LogP contribution >= 0.6 is 0 Å². The number of carbonyl (C=O) groups is 7. The molecule has 56 heavy (non-hydrogen) atoms. The van der Waals surface area contributed by atoms with Crippen molar-refractivity contribution in [3.05, 3.63) is 83.9 Å². The quantitative estimate of drug-likeness (QED) is 0.155. The van der Waals surface area contributed by atoms with Crippen molar-refractivity contribution in [3.63, 3.8) is 0 Å². The Morgan fingerprint density at radius 3 is 1.68 bits per heavy atom. The van der Waals surface area contributed by atoms with Crippen molar-refractivity contribution in [3.8, 4) is 0 Å². The third-order valence-corrected chi connectivity index (χ3v) is 10.8. The second kappa shape index (κ2) is 16.4. The van der Waals surface area contributed by atoms with Gasteiger partial charge in [0.2, 0.25) is 0 Å². The van der Waals surface area contributed by atoms with Crippen molar-refractivity contribution in [2.24, 2.45) is 23.2 Å². The Morgan fingerprint density at radius 2 is 1.18 bits per heavy atom. The predicted octanol–water partition coefficient (Wildman–Crippen LogP) is 4.76. The molecule has 0 amide bonds. The molecule has 0 radical (unpaired) electrons. The van der Waals surface area contributed by atoms with E-state index in [0.29, 0.717) is 0 Å². The summed E-state index contributed by atoms with van der Waals surface area (Å²) in [6, 6.07) is 15.9. The molecule has 11 atom stereocenters. The molecule has 0 bridgehead atoms. The number of carbonyl (C=O) groups excluding carboxylic acids is 7. The van der Waals surface area contributed by atoms with Crippen molar-refractivity contribution >= 4 is 41.6 Å². The van der Waals surface area contributed by atoms with Crippen molar-refractivity contribution in [2.75, 3.05) is 0 Å². The predicted molar refractivity (Wildman–Crippen MR) is 195 cm³/mol. The number of epoxide rings is 1. The highest BCUT2D eigenvalue weighted by Crippen LogP contribution is 2.54. The zero-order valence-electron chi connectivity index (χ0n) is 32.7. The largest absolute Gasteiger partial charge is 0.462 e. The van der Waals surface area contributed by atoms with Crippen LogP contribution in [-0.4, -0.2) is 89.9 Å². The lowest BCUT2D eigenvalue weighted by molar-refractivity contribution is -0.188. The fraction of sp³-hybridized carbons (Fsp3) is 0.500. The van der Waals surface area contributed by atoms with Gasteiger partial charge in [-0.25, -0.2) is 9.59 Å². The molecule has 14 heteroatoms. The normalized spacial score (nSPS) is 32.1. The van der Waals surface area contributed by atoms with Crippen molar-refractivity contribution in [1.82, 2.24) is 0 Å². The molecule has 0 spiro atoms. The lowest BCUT2D eigenvalue weighted by Crippen LogP contribution is -2.60. The molecule has 3 aliphatic rings. The molecule has 2 aromatic carbocycles. The van der Waals surface area contributed by atoms with Crippen molar-refractivity contribution in [1.29, 1.82) is 0 Å². The number of rotatable bonds is 8. The van der Waals surface area contributed by atoms with Crippen LogP contribution in [0, 0.1) is 23.2 Å². The molecule has 1 heterocycles. The first kappa shape index (κ1) is 41.8. The van der Waals surface area contributed by atoms with Gasteiger partial charge in [-0.3, -0.25) is 24.0 Å². The zero-order chi connectivity index (χ0) is 41.3. The standard InChI is InChI=1S/C42H48O14/c1-21-20-42(56-27(7)46)30(31(21)50-24(4)43)32(51-25(5)44)22(2)33(52-26(6)45)35(54-39(48)28-16-12-10-13-17-28)38(55-40(49)29-18-14-11-15-19-29)41(8,9)37-34(53-37)23(3)36(42)47/h10-19,21,23,30-35,37-38H,2,20H2,1,3-9H3/t21-,23-,30-,31+,32+,33+,34-,35-,37-,38-,42+/m1/s1. The summed E-state index contributed by atoms with van der Waals surface area (Å²) in [6.45, 7) is 15.3. The summed E-state index contributed by atoms with van der Waals surface area (Å²) in [5.41, 5.74) is -3.42. The molecule has 2 aliphatic carbocycles. The third kappa shape index (κ3) is 8.40. The Hall–Kier alpha value is -5.37. The molecule has 0 N–H and O–H groups in total. The maximum Gasteiger partial charge on any atom is 0.338 e. The minimum atomic E-state index is -2.09. The van der Waals surface area contributed by atoms with E-state index in [1.807, 2.05) is 0 Å². The number of hydrogen-bond donors (Lipinski definition) is 0. The maximum atomic E-state index is 15.0. The van der Waals surface area contributed by atoms with Crippen LogP contribution in [0.25, 0.3) is 0 Å². The minimum absolute atomic E-state index is 0.0986.